The number of pyridine rings is 1. The van der Waals surface area contributed by atoms with Gasteiger partial charge in [-0.15, -0.1) is 0 Å². The van der Waals surface area contributed by atoms with Crippen LogP contribution in [0.3, 0.4) is 0 Å². The number of benzene rings is 2. The number of fused-ring (bicyclic) bond motifs is 1. The lowest BCUT2D eigenvalue weighted by Gasteiger charge is -2.07. The minimum Gasteiger partial charge on any atom is -0.388 e. The van der Waals surface area contributed by atoms with E-state index >= 15 is 0 Å². The van der Waals surface area contributed by atoms with Gasteiger partial charge in [-0.1, -0.05) is 18.2 Å². The molecule has 0 saturated heterocycles. The van der Waals surface area contributed by atoms with Gasteiger partial charge < -0.3 is 4.74 Å². The fourth-order valence-electron chi connectivity index (χ4n) is 2.56. The molecule has 0 bridgehead atoms. The Labute approximate surface area is 136 Å². The van der Waals surface area contributed by atoms with Crippen LogP contribution in [0, 0.1) is 19.7 Å². The second-order valence-electron chi connectivity index (χ2n) is 5.70. The van der Waals surface area contributed by atoms with E-state index in [9.17, 15) is 4.39 Å². The number of aromatic nitrogens is 1. The molecule has 0 aliphatic rings. The predicted molar refractivity (Wildman–Crippen MR) is 93.4 cm³/mol. The predicted octanol–water partition coefficient (Wildman–Crippen LogP) is 4.84. The molecular formula is C20H22FNO. The number of hydrogen-bond donors (Lipinski definition) is 0. The van der Waals surface area contributed by atoms with Crippen LogP contribution in [-0.2, 0) is 11.2 Å². The molecule has 0 fully saturated rings. The first-order valence-electron chi connectivity index (χ1n) is 7.54. The van der Waals surface area contributed by atoms with E-state index in [0.29, 0.717) is 0 Å². The summed E-state index contributed by atoms with van der Waals surface area (Å²) in [5.41, 5.74) is 5.75. The van der Waals surface area contributed by atoms with Crippen molar-refractivity contribution in [3.63, 3.8) is 0 Å². The van der Waals surface area contributed by atoms with Gasteiger partial charge in [0, 0.05) is 25.8 Å². The van der Waals surface area contributed by atoms with Gasteiger partial charge in [0.15, 0.2) is 0 Å². The minimum absolute atomic E-state index is 0.197. The summed E-state index contributed by atoms with van der Waals surface area (Å²) in [4.78, 5) is 4.54. The van der Waals surface area contributed by atoms with Crippen molar-refractivity contribution < 1.29 is 9.13 Å². The third-order valence-corrected chi connectivity index (χ3v) is 3.53. The maximum atomic E-state index is 12.9. The number of nitrogens with zero attached hydrogens (tertiary/aromatic N) is 1. The lowest BCUT2D eigenvalue weighted by atomic mass is 10.0. The van der Waals surface area contributed by atoms with Crippen molar-refractivity contribution in [2.75, 3.05) is 14.2 Å². The molecule has 0 atom stereocenters. The zero-order valence-corrected chi connectivity index (χ0v) is 14.1. The van der Waals surface area contributed by atoms with Gasteiger partial charge in [0.05, 0.1) is 5.52 Å². The summed E-state index contributed by atoms with van der Waals surface area (Å²) in [6.45, 7) is 4.19. The molecule has 1 aromatic heterocycles. The van der Waals surface area contributed by atoms with Crippen LogP contribution in [0.2, 0.25) is 0 Å². The Hall–Kier alpha value is -2.26. The zero-order valence-electron chi connectivity index (χ0n) is 14.1. The monoisotopic (exact) mass is 311 g/mol. The van der Waals surface area contributed by atoms with Crippen molar-refractivity contribution in [3.8, 4) is 0 Å². The zero-order chi connectivity index (χ0) is 16.8. The van der Waals surface area contributed by atoms with E-state index in [-0.39, 0.29) is 5.82 Å². The lowest BCUT2D eigenvalue weighted by molar-refractivity contribution is 0.277. The van der Waals surface area contributed by atoms with Crippen LogP contribution >= 0.6 is 0 Å². The lowest BCUT2D eigenvalue weighted by Crippen LogP contribution is -1.92. The highest BCUT2D eigenvalue weighted by molar-refractivity contribution is 5.83. The number of rotatable bonds is 2. The highest BCUT2D eigenvalue weighted by atomic mass is 19.1. The van der Waals surface area contributed by atoms with Gasteiger partial charge in [-0.2, -0.15) is 0 Å². The quantitative estimate of drug-likeness (QED) is 0.675. The topological polar surface area (TPSA) is 22.1 Å². The van der Waals surface area contributed by atoms with E-state index in [1.165, 1.54) is 28.6 Å². The van der Waals surface area contributed by atoms with E-state index in [0.717, 1.165) is 23.1 Å². The summed E-state index contributed by atoms with van der Waals surface area (Å²) < 4.78 is 17.2. The van der Waals surface area contributed by atoms with Crippen molar-refractivity contribution in [2.45, 2.75) is 20.3 Å². The van der Waals surface area contributed by atoms with E-state index in [4.69, 9.17) is 0 Å². The molecule has 1 heterocycles. The summed E-state index contributed by atoms with van der Waals surface area (Å²) in [5.74, 6) is -0.197. The van der Waals surface area contributed by atoms with Crippen molar-refractivity contribution in [2.24, 2.45) is 0 Å². The Bertz CT molecular complexity index is 781. The van der Waals surface area contributed by atoms with Crippen LogP contribution in [0.15, 0.2) is 48.7 Å². The van der Waals surface area contributed by atoms with Crippen molar-refractivity contribution >= 4 is 10.9 Å². The van der Waals surface area contributed by atoms with Crippen LogP contribution in [-0.4, -0.2) is 19.2 Å². The van der Waals surface area contributed by atoms with Crippen LogP contribution in [0.4, 0.5) is 4.39 Å². The maximum Gasteiger partial charge on any atom is 0.123 e. The molecule has 3 aromatic rings. The van der Waals surface area contributed by atoms with E-state index in [1.807, 2.05) is 18.3 Å². The van der Waals surface area contributed by atoms with Crippen molar-refractivity contribution in [1.82, 2.24) is 4.98 Å². The van der Waals surface area contributed by atoms with Gasteiger partial charge >= 0.3 is 0 Å². The molecule has 0 amide bonds. The molecule has 2 aromatic carbocycles. The summed E-state index contributed by atoms with van der Waals surface area (Å²) in [6, 6.07) is 13.1. The molecule has 0 unspecified atom stereocenters. The van der Waals surface area contributed by atoms with Crippen LogP contribution in [0.25, 0.3) is 10.9 Å². The Morgan fingerprint density at radius 2 is 1.61 bits per heavy atom. The van der Waals surface area contributed by atoms with Crippen molar-refractivity contribution in [1.29, 1.82) is 0 Å². The van der Waals surface area contributed by atoms with Crippen LogP contribution in [0.1, 0.15) is 22.3 Å². The van der Waals surface area contributed by atoms with Crippen LogP contribution in [0.5, 0.6) is 0 Å². The van der Waals surface area contributed by atoms with E-state index in [1.54, 1.807) is 14.2 Å². The molecule has 0 aliphatic heterocycles. The van der Waals surface area contributed by atoms with Crippen LogP contribution < -0.4 is 0 Å². The van der Waals surface area contributed by atoms with Gasteiger partial charge in [-0.3, -0.25) is 4.98 Å². The van der Waals surface area contributed by atoms with Gasteiger partial charge in [0.2, 0.25) is 0 Å². The summed E-state index contributed by atoms with van der Waals surface area (Å²) >= 11 is 0. The van der Waals surface area contributed by atoms with Crippen molar-refractivity contribution in [3.05, 3.63) is 76.7 Å². The largest absolute Gasteiger partial charge is 0.388 e. The first-order valence-corrected chi connectivity index (χ1v) is 7.54. The molecule has 120 valence electrons. The molecule has 0 aliphatic carbocycles. The molecule has 0 spiro atoms. The molecule has 0 saturated carbocycles. The Kier molecular flexibility index (Phi) is 5.83. The molecule has 0 radical (unpaired) electrons. The maximum absolute atomic E-state index is 12.9. The first kappa shape index (κ1) is 17.1. The third kappa shape index (κ3) is 4.60. The number of halogens is 1. The molecule has 2 nitrogen and oxygen atoms in total. The molecule has 3 heteroatoms. The van der Waals surface area contributed by atoms with Gasteiger partial charge in [-0.25, -0.2) is 4.39 Å². The molecule has 23 heavy (non-hydrogen) atoms. The Morgan fingerprint density at radius 1 is 0.957 bits per heavy atom. The molecule has 0 N–H and O–H groups in total. The molecular weight excluding hydrogens is 289 g/mol. The summed E-state index contributed by atoms with van der Waals surface area (Å²) in [6.07, 6.45) is 2.68. The number of aryl methyl sites for hydroxylation is 2. The summed E-state index contributed by atoms with van der Waals surface area (Å²) in [5, 5.41) is 1.19. The second-order valence-corrected chi connectivity index (χ2v) is 5.70. The van der Waals surface area contributed by atoms with Gasteiger partial charge in [-0.05, 0) is 66.8 Å². The molecule has 3 rings (SSSR count). The first-order chi connectivity index (χ1) is 11.0. The fraction of sp³-hybridized carbons (Fsp3) is 0.250. The fourth-order valence-corrected chi connectivity index (χ4v) is 2.56. The van der Waals surface area contributed by atoms with Gasteiger partial charge in [0.1, 0.15) is 5.82 Å². The van der Waals surface area contributed by atoms with E-state index < -0.39 is 0 Å². The second kappa shape index (κ2) is 7.84. The number of hydrogen-bond acceptors (Lipinski definition) is 2. The average Bonchev–Trinajstić information content (AvgIpc) is 2.51. The highest BCUT2D eigenvalue weighted by Crippen LogP contribution is 2.21. The number of methoxy groups -OCH3 is 1. The summed E-state index contributed by atoms with van der Waals surface area (Å²) in [7, 11) is 3.25. The smallest absolute Gasteiger partial charge is 0.123 e. The number of ether oxygens (including phenoxy) is 1. The van der Waals surface area contributed by atoms with Gasteiger partial charge in [0.25, 0.3) is 0 Å². The minimum atomic E-state index is -0.197. The third-order valence-electron chi connectivity index (χ3n) is 3.53. The average molecular weight is 311 g/mol. The van der Waals surface area contributed by atoms with E-state index in [2.05, 4.69) is 41.8 Å². The Morgan fingerprint density at radius 3 is 2.26 bits per heavy atom. The Balaban J connectivity index is 0.000000595. The SMILES string of the molecule is COC.Cc1cc(C)c2cc(Cc3ccc(F)cc3)cnc2c1. The normalized spacial score (nSPS) is 10.3. The standard InChI is InChI=1S/C18H16FN.C2H6O/c1-12-7-13(2)17-10-15(11-20-18(17)8-12)9-14-3-5-16(19)6-4-14;1-3-2/h3-8,10-11H,9H2,1-2H3;1-2H3. The highest BCUT2D eigenvalue weighted by Gasteiger charge is 2.03.